The van der Waals surface area contributed by atoms with Crippen LogP contribution >= 0.6 is 0 Å². The Kier molecular flexibility index (Phi) is 9.11. The van der Waals surface area contributed by atoms with Gasteiger partial charge < -0.3 is 15.5 Å². The first-order valence-corrected chi connectivity index (χ1v) is 11.4. The summed E-state index contributed by atoms with van der Waals surface area (Å²) in [5.74, 6) is 0.921. The number of anilines is 2. The molecule has 0 saturated carbocycles. The third kappa shape index (κ3) is 8.06. The minimum atomic E-state index is -0.0482. The maximum Gasteiger partial charge on any atom is 0.322 e. The van der Waals surface area contributed by atoms with Crippen molar-refractivity contribution in [3.05, 3.63) is 89.6 Å². The van der Waals surface area contributed by atoms with E-state index >= 15 is 0 Å². The van der Waals surface area contributed by atoms with Crippen LogP contribution in [-0.4, -0.2) is 29.0 Å². The van der Waals surface area contributed by atoms with Gasteiger partial charge in [0.1, 0.15) is 5.82 Å². The van der Waals surface area contributed by atoms with Crippen LogP contribution in [0.2, 0.25) is 0 Å². The predicted molar refractivity (Wildman–Crippen MR) is 133 cm³/mol. The normalized spacial score (nSPS) is 10.6. The molecule has 1 heterocycles. The summed E-state index contributed by atoms with van der Waals surface area (Å²) >= 11 is 0. The van der Waals surface area contributed by atoms with E-state index in [1.54, 1.807) is 6.20 Å². The Labute approximate surface area is 191 Å². The molecule has 168 valence electrons. The number of urea groups is 1. The van der Waals surface area contributed by atoms with Gasteiger partial charge in [0, 0.05) is 31.5 Å². The van der Waals surface area contributed by atoms with E-state index < -0.39 is 0 Å². The minimum Gasteiger partial charge on any atom is -0.370 e. The zero-order chi connectivity index (χ0) is 22.6. The van der Waals surface area contributed by atoms with Crippen LogP contribution < -0.4 is 10.6 Å². The number of hydrogen-bond acceptors (Lipinski definition) is 3. The van der Waals surface area contributed by atoms with Gasteiger partial charge in [-0.1, -0.05) is 60.9 Å². The average molecular weight is 431 g/mol. The topological polar surface area (TPSA) is 57.3 Å². The van der Waals surface area contributed by atoms with Crippen molar-refractivity contribution in [2.24, 2.45) is 0 Å². The number of carbonyl (C=O) groups excluding carboxylic acids is 1. The molecule has 0 bridgehead atoms. The van der Waals surface area contributed by atoms with E-state index in [0.717, 1.165) is 61.4 Å². The minimum absolute atomic E-state index is 0.0482. The number of hydrogen-bond donors (Lipinski definition) is 2. The molecule has 2 aromatic carbocycles. The van der Waals surface area contributed by atoms with Crippen molar-refractivity contribution in [1.29, 1.82) is 0 Å². The molecule has 0 aliphatic rings. The summed E-state index contributed by atoms with van der Waals surface area (Å²) in [6.07, 6.45) is 6.08. The van der Waals surface area contributed by atoms with Gasteiger partial charge >= 0.3 is 6.03 Å². The Morgan fingerprint density at radius 2 is 1.69 bits per heavy atom. The van der Waals surface area contributed by atoms with Gasteiger partial charge in [0.2, 0.25) is 0 Å². The molecule has 0 saturated heterocycles. The van der Waals surface area contributed by atoms with Crippen LogP contribution in [0.5, 0.6) is 0 Å². The molecule has 5 nitrogen and oxygen atoms in total. The number of benzene rings is 2. The third-order valence-electron chi connectivity index (χ3n) is 5.38. The largest absolute Gasteiger partial charge is 0.370 e. The van der Waals surface area contributed by atoms with Gasteiger partial charge in [-0.2, -0.15) is 0 Å². The molecule has 3 aromatic rings. The Bertz CT molecular complexity index is 957. The van der Waals surface area contributed by atoms with E-state index in [2.05, 4.69) is 46.8 Å². The molecule has 0 spiro atoms. The maximum atomic E-state index is 13.0. The second-order valence-electron chi connectivity index (χ2n) is 8.26. The summed E-state index contributed by atoms with van der Waals surface area (Å²) in [6, 6.07) is 22.2. The smallest absolute Gasteiger partial charge is 0.322 e. The van der Waals surface area contributed by atoms with Gasteiger partial charge in [0.05, 0.1) is 0 Å². The summed E-state index contributed by atoms with van der Waals surface area (Å²) in [7, 11) is 0. The molecule has 5 heteroatoms. The summed E-state index contributed by atoms with van der Waals surface area (Å²) in [5, 5.41) is 6.41. The first-order valence-electron chi connectivity index (χ1n) is 11.4. The van der Waals surface area contributed by atoms with E-state index in [0.29, 0.717) is 6.54 Å². The highest BCUT2D eigenvalue weighted by Gasteiger charge is 2.14. The van der Waals surface area contributed by atoms with Crippen LogP contribution in [0.15, 0.2) is 72.9 Å². The van der Waals surface area contributed by atoms with Gasteiger partial charge in [-0.3, -0.25) is 0 Å². The molecule has 32 heavy (non-hydrogen) atoms. The molecular formula is C27H34N4O. The van der Waals surface area contributed by atoms with Gasteiger partial charge in [-0.05, 0) is 62.1 Å². The van der Waals surface area contributed by atoms with Crippen LogP contribution in [0.3, 0.4) is 0 Å². The van der Waals surface area contributed by atoms with Crippen molar-refractivity contribution < 1.29 is 4.79 Å². The van der Waals surface area contributed by atoms with Crippen molar-refractivity contribution in [1.82, 2.24) is 9.88 Å². The lowest BCUT2D eigenvalue weighted by Crippen LogP contribution is -2.35. The number of nitrogens with zero attached hydrogens (tertiary/aromatic N) is 2. The van der Waals surface area contributed by atoms with Gasteiger partial charge in [-0.15, -0.1) is 0 Å². The zero-order valence-electron chi connectivity index (χ0n) is 19.2. The summed E-state index contributed by atoms with van der Waals surface area (Å²) in [6.45, 7) is 6.37. The fourth-order valence-corrected chi connectivity index (χ4v) is 3.56. The number of carbonyl (C=O) groups is 1. The maximum absolute atomic E-state index is 13.0. The lowest BCUT2D eigenvalue weighted by molar-refractivity contribution is 0.207. The number of aryl methyl sites for hydroxylation is 2. The monoisotopic (exact) mass is 430 g/mol. The zero-order valence-corrected chi connectivity index (χ0v) is 19.2. The number of unbranched alkanes of at least 4 members (excludes halogenated alkanes) is 3. The fraction of sp³-hybridized carbons (Fsp3) is 0.333. The summed E-state index contributed by atoms with van der Waals surface area (Å²) < 4.78 is 0. The van der Waals surface area contributed by atoms with Gasteiger partial charge in [0.25, 0.3) is 0 Å². The second kappa shape index (κ2) is 12.5. The predicted octanol–water partition coefficient (Wildman–Crippen LogP) is 6.41. The lowest BCUT2D eigenvalue weighted by atomic mass is 10.1. The highest BCUT2D eigenvalue weighted by molar-refractivity contribution is 5.89. The number of pyridine rings is 1. The van der Waals surface area contributed by atoms with Crippen molar-refractivity contribution in [3.63, 3.8) is 0 Å². The van der Waals surface area contributed by atoms with Crippen LogP contribution in [-0.2, 0) is 6.54 Å². The van der Waals surface area contributed by atoms with Crippen molar-refractivity contribution in [2.75, 3.05) is 23.7 Å². The van der Waals surface area contributed by atoms with Crippen LogP contribution in [0.25, 0.3) is 0 Å². The van der Waals surface area contributed by atoms with E-state index in [-0.39, 0.29) is 6.03 Å². The highest BCUT2D eigenvalue weighted by atomic mass is 16.2. The molecule has 0 aliphatic carbocycles. The summed E-state index contributed by atoms with van der Waals surface area (Å²) in [5.41, 5.74) is 4.34. The molecule has 3 rings (SSSR count). The molecular weight excluding hydrogens is 396 g/mol. The first-order chi connectivity index (χ1) is 15.6. The molecule has 1 aromatic heterocycles. The number of amides is 2. The Hall–Kier alpha value is -3.34. The quantitative estimate of drug-likeness (QED) is 0.346. The fourth-order valence-electron chi connectivity index (χ4n) is 3.56. The SMILES string of the molecule is Cc1ccc(CN(CCCCCCNc2ccccn2)C(=O)Nc2cccc(C)c2)cc1. The standard InChI is InChI=1S/C27H34N4O/c1-22-13-15-24(16-14-22)21-31(27(32)30-25-11-9-10-23(2)20-25)19-8-4-3-6-17-28-26-12-5-7-18-29-26/h5,7,9-16,18,20H,3-4,6,8,17,19,21H2,1-2H3,(H,28,29)(H,30,32). The van der Waals surface area contributed by atoms with Crippen LogP contribution in [0.4, 0.5) is 16.3 Å². The average Bonchev–Trinajstić information content (AvgIpc) is 2.79. The van der Waals surface area contributed by atoms with E-state index in [4.69, 9.17) is 0 Å². The third-order valence-corrected chi connectivity index (χ3v) is 5.38. The van der Waals surface area contributed by atoms with E-state index in [1.807, 2.05) is 54.3 Å². The van der Waals surface area contributed by atoms with Crippen molar-refractivity contribution >= 4 is 17.5 Å². The van der Waals surface area contributed by atoms with Crippen molar-refractivity contribution in [2.45, 2.75) is 46.1 Å². The Morgan fingerprint density at radius 3 is 2.44 bits per heavy atom. The molecule has 0 unspecified atom stereocenters. The van der Waals surface area contributed by atoms with Crippen molar-refractivity contribution in [3.8, 4) is 0 Å². The number of rotatable bonds is 11. The Balaban J connectivity index is 1.47. The summed E-state index contributed by atoms with van der Waals surface area (Å²) in [4.78, 5) is 19.2. The molecule has 2 N–H and O–H groups in total. The molecule has 0 radical (unpaired) electrons. The van der Waals surface area contributed by atoms with Gasteiger partial charge in [0.15, 0.2) is 0 Å². The lowest BCUT2D eigenvalue weighted by Gasteiger charge is -2.23. The Morgan fingerprint density at radius 1 is 0.875 bits per heavy atom. The van der Waals surface area contributed by atoms with Gasteiger partial charge in [-0.25, -0.2) is 9.78 Å². The molecule has 2 amide bonds. The first kappa shape index (κ1) is 23.3. The molecule has 0 atom stereocenters. The van der Waals surface area contributed by atoms with E-state index in [9.17, 15) is 4.79 Å². The molecule has 0 aliphatic heterocycles. The number of nitrogens with one attached hydrogen (secondary N) is 2. The van der Waals surface area contributed by atoms with Crippen LogP contribution in [0.1, 0.15) is 42.4 Å². The second-order valence-corrected chi connectivity index (χ2v) is 8.26. The van der Waals surface area contributed by atoms with Crippen LogP contribution in [0, 0.1) is 13.8 Å². The molecule has 0 fully saturated rings. The van der Waals surface area contributed by atoms with E-state index in [1.165, 1.54) is 5.56 Å². The number of aromatic nitrogens is 1. The highest BCUT2D eigenvalue weighted by Crippen LogP contribution is 2.14.